The second kappa shape index (κ2) is 6.27. The minimum absolute atomic E-state index is 0.109. The van der Waals surface area contributed by atoms with Crippen LogP contribution in [-0.4, -0.2) is 61.4 Å². The van der Waals surface area contributed by atoms with Crippen molar-refractivity contribution in [1.29, 1.82) is 0 Å². The summed E-state index contributed by atoms with van der Waals surface area (Å²) in [7, 11) is 2.05. The Labute approximate surface area is 96.1 Å². The van der Waals surface area contributed by atoms with E-state index in [1.54, 1.807) is 0 Å². The molecule has 1 saturated heterocycles. The van der Waals surface area contributed by atoms with Crippen LogP contribution in [-0.2, 0) is 9.59 Å². The largest absolute Gasteiger partial charge is 0.352 e. The van der Waals surface area contributed by atoms with Gasteiger partial charge in [-0.3, -0.25) is 9.59 Å². The third-order valence-corrected chi connectivity index (χ3v) is 2.68. The second-order valence-electron chi connectivity index (χ2n) is 3.93. The standard InChI is InChI=1S/C11H19N3O2/c1-3-10(15)12-5-4-11(16)14-8-6-13(2)7-9-14/h3H,1,4-9H2,2H3,(H,12,15). The number of hydrogen-bond donors (Lipinski definition) is 1. The van der Waals surface area contributed by atoms with Crippen LogP contribution in [0, 0.1) is 0 Å². The van der Waals surface area contributed by atoms with Crippen LogP contribution in [0.2, 0.25) is 0 Å². The first-order chi connectivity index (χ1) is 7.63. The fourth-order valence-corrected chi connectivity index (χ4v) is 1.58. The third kappa shape index (κ3) is 4.02. The Morgan fingerprint density at radius 1 is 1.31 bits per heavy atom. The summed E-state index contributed by atoms with van der Waals surface area (Å²) in [4.78, 5) is 26.6. The molecule has 1 rings (SSSR count). The molecule has 1 heterocycles. The molecule has 0 aromatic rings. The predicted molar refractivity (Wildman–Crippen MR) is 61.9 cm³/mol. The van der Waals surface area contributed by atoms with Crippen molar-refractivity contribution in [2.75, 3.05) is 39.8 Å². The molecule has 16 heavy (non-hydrogen) atoms. The van der Waals surface area contributed by atoms with Crippen molar-refractivity contribution in [2.45, 2.75) is 6.42 Å². The number of likely N-dealkylation sites (N-methyl/N-ethyl adjacent to an activating group) is 1. The minimum Gasteiger partial charge on any atom is -0.352 e. The molecule has 0 atom stereocenters. The summed E-state index contributed by atoms with van der Waals surface area (Å²) in [6.45, 7) is 7.14. The molecular weight excluding hydrogens is 206 g/mol. The van der Waals surface area contributed by atoms with Crippen LogP contribution in [0.4, 0.5) is 0 Å². The maximum Gasteiger partial charge on any atom is 0.243 e. The molecule has 0 aromatic carbocycles. The van der Waals surface area contributed by atoms with Crippen molar-refractivity contribution in [3.05, 3.63) is 12.7 Å². The van der Waals surface area contributed by atoms with E-state index in [-0.39, 0.29) is 11.8 Å². The maximum atomic E-state index is 11.7. The van der Waals surface area contributed by atoms with Crippen molar-refractivity contribution < 1.29 is 9.59 Å². The van der Waals surface area contributed by atoms with Gasteiger partial charge in [-0.25, -0.2) is 0 Å². The van der Waals surface area contributed by atoms with E-state index >= 15 is 0 Å². The highest BCUT2D eigenvalue weighted by Gasteiger charge is 2.18. The Balaban J connectivity index is 2.20. The zero-order valence-electron chi connectivity index (χ0n) is 9.74. The summed E-state index contributed by atoms with van der Waals surface area (Å²) in [5.41, 5.74) is 0. The Hall–Kier alpha value is -1.36. The van der Waals surface area contributed by atoms with Crippen molar-refractivity contribution in [3.63, 3.8) is 0 Å². The van der Waals surface area contributed by atoms with Gasteiger partial charge in [0.2, 0.25) is 11.8 Å². The number of nitrogens with zero attached hydrogens (tertiary/aromatic N) is 2. The van der Waals surface area contributed by atoms with Gasteiger partial charge < -0.3 is 15.1 Å². The molecule has 2 amide bonds. The Morgan fingerprint density at radius 2 is 1.94 bits per heavy atom. The number of carbonyl (C=O) groups is 2. The van der Waals surface area contributed by atoms with E-state index in [1.807, 2.05) is 11.9 Å². The first-order valence-electron chi connectivity index (χ1n) is 5.50. The molecule has 0 aliphatic carbocycles. The van der Waals surface area contributed by atoms with E-state index in [4.69, 9.17) is 0 Å². The van der Waals surface area contributed by atoms with Gasteiger partial charge in [0, 0.05) is 39.1 Å². The highest BCUT2D eigenvalue weighted by Crippen LogP contribution is 2.01. The van der Waals surface area contributed by atoms with Crippen molar-refractivity contribution >= 4 is 11.8 Å². The Bertz CT molecular complexity index is 270. The van der Waals surface area contributed by atoms with Gasteiger partial charge in [0.25, 0.3) is 0 Å². The summed E-state index contributed by atoms with van der Waals surface area (Å²) in [6.07, 6.45) is 1.57. The predicted octanol–water partition coefficient (Wildman–Crippen LogP) is -0.547. The van der Waals surface area contributed by atoms with Crippen LogP contribution in [0.5, 0.6) is 0 Å². The number of nitrogens with one attached hydrogen (secondary N) is 1. The molecule has 0 unspecified atom stereocenters. The van der Waals surface area contributed by atoms with Gasteiger partial charge in [-0.05, 0) is 13.1 Å². The van der Waals surface area contributed by atoms with E-state index in [0.717, 1.165) is 26.2 Å². The second-order valence-corrected chi connectivity index (χ2v) is 3.93. The van der Waals surface area contributed by atoms with E-state index in [1.165, 1.54) is 6.08 Å². The average molecular weight is 225 g/mol. The van der Waals surface area contributed by atoms with Gasteiger partial charge in [0.15, 0.2) is 0 Å². The normalized spacial score (nSPS) is 16.9. The smallest absolute Gasteiger partial charge is 0.243 e. The number of piperazine rings is 1. The molecule has 0 aromatic heterocycles. The van der Waals surface area contributed by atoms with Gasteiger partial charge in [-0.15, -0.1) is 0 Å². The molecule has 90 valence electrons. The van der Waals surface area contributed by atoms with Gasteiger partial charge in [0.1, 0.15) is 0 Å². The Kier molecular flexibility index (Phi) is 4.98. The topological polar surface area (TPSA) is 52.7 Å². The zero-order valence-corrected chi connectivity index (χ0v) is 9.74. The summed E-state index contributed by atoms with van der Waals surface area (Å²) >= 11 is 0. The van der Waals surface area contributed by atoms with E-state index in [2.05, 4.69) is 16.8 Å². The quantitative estimate of drug-likeness (QED) is 0.653. The van der Waals surface area contributed by atoms with Crippen LogP contribution in [0.25, 0.3) is 0 Å². The Morgan fingerprint density at radius 3 is 2.50 bits per heavy atom. The average Bonchev–Trinajstić information content (AvgIpc) is 2.29. The zero-order chi connectivity index (χ0) is 12.0. The van der Waals surface area contributed by atoms with Crippen molar-refractivity contribution in [1.82, 2.24) is 15.1 Å². The lowest BCUT2D eigenvalue weighted by molar-refractivity contribution is -0.132. The van der Waals surface area contributed by atoms with Crippen LogP contribution >= 0.6 is 0 Å². The SMILES string of the molecule is C=CC(=O)NCCC(=O)N1CCN(C)CC1. The maximum absolute atomic E-state index is 11.7. The fourth-order valence-electron chi connectivity index (χ4n) is 1.58. The monoisotopic (exact) mass is 225 g/mol. The van der Waals surface area contributed by atoms with Crippen LogP contribution in [0.15, 0.2) is 12.7 Å². The molecule has 5 heteroatoms. The van der Waals surface area contributed by atoms with E-state index in [0.29, 0.717) is 13.0 Å². The molecule has 0 saturated carbocycles. The summed E-state index contributed by atoms with van der Waals surface area (Å²) in [5.74, 6) is -0.122. The third-order valence-electron chi connectivity index (χ3n) is 2.68. The summed E-state index contributed by atoms with van der Waals surface area (Å²) < 4.78 is 0. The lowest BCUT2D eigenvalue weighted by atomic mass is 10.3. The number of rotatable bonds is 4. The molecule has 1 aliphatic rings. The molecule has 1 N–H and O–H groups in total. The van der Waals surface area contributed by atoms with Crippen molar-refractivity contribution in [2.24, 2.45) is 0 Å². The van der Waals surface area contributed by atoms with Crippen LogP contribution in [0.1, 0.15) is 6.42 Å². The summed E-state index contributed by atoms with van der Waals surface area (Å²) in [5, 5.41) is 2.60. The minimum atomic E-state index is -0.230. The van der Waals surface area contributed by atoms with Crippen molar-refractivity contribution in [3.8, 4) is 0 Å². The first kappa shape index (κ1) is 12.7. The molecule has 0 bridgehead atoms. The van der Waals surface area contributed by atoms with Crippen LogP contribution in [0.3, 0.4) is 0 Å². The van der Waals surface area contributed by atoms with Gasteiger partial charge in [-0.2, -0.15) is 0 Å². The fraction of sp³-hybridized carbons (Fsp3) is 0.636. The molecule has 0 spiro atoms. The highest BCUT2D eigenvalue weighted by atomic mass is 16.2. The summed E-state index contributed by atoms with van der Waals surface area (Å²) in [6, 6.07) is 0. The lowest BCUT2D eigenvalue weighted by Gasteiger charge is -2.32. The van der Waals surface area contributed by atoms with E-state index < -0.39 is 0 Å². The molecule has 0 radical (unpaired) electrons. The highest BCUT2D eigenvalue weighted by molar-refractivity contribution is 5.87. The van der Waals surface area contributed by atoms with E-state index in [9.17, 15) is 9.59 Å². The number of carbonyl (C=O) groups excluding carboxylic acids is 2. The molecule has 5 nitrogen and oxygen atoms in total. The number of amides is 2. The van der Waals surface area contributed by atoms with Crippen LogP contribution < -0.4 is 5.32 Å². The lowest BCUT2D eigenvalue weighted by Crippen LogP contribution is -2.47. The van der Waals surface area contributed by atoms with Gasteiger partial charge in [0.05, 0.1) is 0 Å². The molecule has 1 fully saturated rings. The van der Waals surface area contributed by atoms with Gasteiger partial charge in [-0.1, -0.05) is 6.58 Å². The number of hydrogen-bond acceptors (Lipinski definition) is 3. The van der Waals surface area contributed by atoms with Gasteiger partial charge >= 0.3 is 0 Å². The first-order valence-corrected chi connectivity index (χ1v) is 5.50. The molecular formula is C11H19N3O2. The molecule has 1 aliphatic heterocycles.